The molecule has 0 atom stereocenters. The highest BCUT2D eigenvalue weighted by Gasteiger charge is 2.25. The van der Waals surface area contributed by atoms with Gasteiger partial charge in [-0.2, -0.15) is 5.10 Å². The molecule has 4 aromatic rings. The monoisotopic (exact) mass is 383 g/mol. The van der Waals surface area contributed by atoms with Crippen molar-refractivity contribution in [2.45, 2.75) is 0 Å². The van der Waals surface area contributed by atoms with E-state index in [0.717, 1.165) is 11.3 Å². The minimum atomic E-state index is -0.281. The van der Waals surface area contributed by atoms with Gasteiger partial charge < -0.3 is 0 Å². The van der Waals surface area contributed by atoms with Crippen LogP contribution in [0.25, 0.3) is 21.8 Å². The van der Waals surface area contributed by atoms with Crippen molar-refractivity contribution >= 4 is 23.1 Å². The van der Waals surface area contributed by atoms with Gasteiger partial charge in [0.2, 0.25) is 11.5 Å². The van der Waals surface area contributed by atoms with E-state index in [-0.39, 0.29) is 17.2 Å². The summed E-state index contributed by atoms with van der Waals surface area (Å²) in [5.74, 6) is -0.281. The van der Waals surface area contributed by atoms with Gasteiger partial charge in [-0.25, -0.2) is 9.53 Å². The highest BCUT2D eigenvalue weighted by atomic mass is 35.5. The Balaban J connectivity index is 1.98. The van der Waals surface area contributed by atoms with Gasteiger partial charge in [-0.05, 0) is 29.8 Å². The van der Waals surface area contributed by atoms with E-state index in [9.17, 15) is 4.79 Å². The first kappa shape index (κ1) is 17.7. The molecule has 0 N–H and O–H groups in total. The standard InChI is InChI=1S/C23H14ClN3O/c1-25-20-21(23(28)17-10-6-3-7-11-17)26-27(19-14-12-18(24)13-15-19)22(20)16-8-4-2-5-9-16/h2-15H. The maximum absolute atomic E-state index is 13.1. The van der Waals surface area contributed by atoms with E-state index in [0.29, 0.717) is 16.3 Å². The molecule has 0 saturated heterocycles. The molecule has 4 nitrogen and oxygen atoms in total. The van der Waals surface area contributed by atoms with E-state index in [2.05, 4.69) is 9.94 Å². The van der Waals surface area contributed by atoms with Crippen molar-refractivity contribution in [2.75, 3.05) is 0 Å². The van der Waals surface area contributed by atoms with Crippen molar-refractivity contribution in [3.63, 3.8) is 0 Å². The molecule has 0 spiro atoms. The van der Waals surface area contributed by atoms with Crippen molar-refractivity contribution in [1.29, 1.82) is 0 Å². The molecule has 0 aliphatic rings. The van der Waals surface area contributed by atoms with Crippen LogP contribution >= 0.6 is 11.6 Å². The van der Waals surface area contributed by atoms with Gasteiger partial charge in [0, 0.05) is 10.6 Å². The fraction of sp³-hybridized carbons (Fsp3) is 0. The summed E-state index contributed by atoms with van der Waals surface area (Å²) in [6.45, 7) is 7.74. The van der Waals surface area contributed by atoms with Gasteiger partial charge in [-0.1, -0.05) is 72.3 Å². The molecule has 0 aliphatic heterocycles. The average molecular weight is 384 g/mol. The lowest BCUT2D eigenvalue weighted by atomic mass is 10.0. The van der Waals surface area contributed by atoms with Crippen molar-refractivity contribution in [3.05, 3.63) is 113 Å². The molecular formula is C23H14ClN3O. The van der Waals surface area contributed by atoms with Crippen LogP contribution < -0.4 is 0 Å². The van der Waals surface area contributed by atoms with Crippen LogP contribution in [-0.4, -0.2) is 15.6 Å². The van der Waals surface area contributed by atoms with E-state index >= 15 is 0 Å². The molecule has 1 heterocycles. The number of ketones is 1. The molecule has 0 fully saturated rings. The lowest BCUT2D eigenvalue weighted by Crippen LogP contribution is -2.04. The fourth-order valence-corrected chi connectivity index (χ4v) is 3.15. The second-order valence-corrected chi connectivity index (χ2v) is 6.54. The summed E-state index contributed by atoms with van der Waals surface area (Å²) in [5.41, 5.74) is 2.97. The summed E-state index contributed by atoms with van der Waals surface area (Å²) >= 11 is 6.02. The lowest BCUT2D eigenvalue weighted by Gasteiger charge is -2.08. The smallest absolute Gasteiger partial charge is 0.243 e. The van der Waals surface area contributed by atoms with Crippen molar-refractivity contribution < 1.29 is 4.79 Å². The quantitative estimate of drug-likeness (QED) is 0.321. The van der Waals surface area contributed by atoms with Gasteiger partial charge in [0.05, 0.1) is 18.0 Å². The van der Waals surface area contributed by atoms with Crippen LogP contribution in [0.1, 0.15) is 16.1 Å². The van der Waals surface area contributed by atoms with Gasteiger partial charge in [0.15, 0.2) is 0 Å². The number of carbonyl (C=O) groups is 1. The summed E-state index contributed by atoms with van der Waals surface area (Å²) in [7, 11) is 0. The molecule has 0 radical (unpaired) electrons. The second kappa shape index (κ2) is 7.51. The highest BCUT2D eigenvalue weighted by molar-refractivity contribution is 6.30. The van der Waals surface area contributed by atoms with Crippen molar-refractivity contribution in [2.24, 2.45) is 0 Å². The summed E-state index contributed by atoms with van der Waals surface area (Å²) in [6.07, 6.45) is 0. The largest absolute Gasteiger partial charge is 0.288 e. The number of benzene rings is 3. The summed E-state index contributed by atoms with van der Waals surface area (Å²) < 4.78 is 1.63. The molecule has 0 bridgehead atoms. The fourth-order valence-electron chi connectivity index (χ4n) is 3.02. The van der Waals surface area contributed by atoms with Gasteiger partial charge in [-0.15, -0.1) is 0 Å². The third kappa shape index (κ3) is 3.20. The Hall–Kier alpha value is -3.68. The van der Waals surface area contributed by atoms with Crippen LogP contribution in [-0.2, 0) is 0 Å². The Morgan fingerprint density at radius 3 is 2.11 bits per heavy atom. The zero-order valence-electron chi connectivity index (χ0n) is 14.7. The van der Waals surface area contributed by atoms with Crippen LogP contribution in [0, 0.1) is 6.57 Å². The molecular weight excluding hydrogens is 370 g/mol. The number of hydrogen-bond acceptors (Lipinski definition) is 2. The average Bonchev–Trinajstić information content (AvgIpc) is 3.14. The van der Waals surface area contributed by atoms with Crippen LogP contribution in [0.15, 0.2) is 84.9 Å². The lowest BCUT2D eigenvalue weighted by molar-refractivity contribution is 0.103. The summed E-state index contributed by atoms with van der Waals surface area (Å²) in [6, 6.07) is 25.5. The number of rotatable bonds is 4. The van der Waals surface area contributed by atoms with Crippen LogP contribution in [0.2, 0.25) is 5.02 Å². The first-order valence-corrected chi connectivity index (χ1v) is 8.98. The normalized spacial score (nSPS) is 10.4. The number of halogens is 1. The highest BCUT2D eigenvalue weighted by Crippen LogP contribution is 2.36. The predicted molar refractivity (Wildman–Crippen MR) is 110 cm³/mol. The minimum Gasteiger partial charge on any atom is -0.288 e. The Morgan fingerprint density at radius 2 is 1.50 bits per heavy atom. The number of aromatic nitrogens is 2. The van der Waals surface area contributed by atoms with Gasteiger partial charge in [-0.3, -0.25) is 4.79 Å². The van der Waals surface area contributed by atoms with E-state index in [1.807, 2.05) is 48.5 Å². The SMILES string of the molecule is [C-]#[N+]c1c(C(=O)c2ccccc2)nn(-c2ccc(Cl)cc2)c1-c1ccccc1. The molecule has 5 heteroatoms. The van der Waals surface area contributed by atoms with Crippen molar-refractivity contribution in [1.82, 2.24) is 9.78 Å². The van der Waals surface area contributed by atoms with Gasteiger partial charge in [0.1, 0.15) is 5.69 Å². The first-order valence-electron chi connectivity index (χ1n) is 8.60. The minimum absolute atomic E-state index is 0.134. The Labute approximate surface area is 167 Å². The van der Waals surface area contributed by atoms with Crippen LogP contribution in [0.4, 0.5) is 5.69 Å². The summed E-state index contributed by atoms with van der Waals surface area (Å²) in [4.78, 5) is 16.7. The topological polar surface area (TPSA) is 39.2 Å². The zero-order chi connectivity index (χ0) is 19.5. The van der Waals surface area contributed by atoms with E-state index in [4.69, 9.17) is 18.2 Å². The number of nitrogens with zero attached hydrogens (tertiary/aromatic N) is 3. The maximum Gasteiger partial charge on any atom is 0.243 e. The molecule has 0 amide bonds. The van der Waals surface area contributed by atoms with Crippen LogP contribution in [0.5, 0.6) is 0 Å². The van der Waals surface area contributed by atoms with E-state index < -0.39 is 0 Å². The van der Waals surface area contributed by atoms with Crippen molar-refractivity contribution in [3.8, 4) is 16.9 Å². The first-order chi connectivity index (χ1) is 13.7. The maximum atomic E-state index is 13.1. The Morgan fingerprint density at radius 1 is 0.893 bits per heavy atom. The third-order valence-electron chi connectivity index (χ3n) is 4.34. The number of hydrogen-bond donors (Lipinski definition) is 0. The van der Waals surface area contributed by atoms with Gasteiger partial charge in [0.25, 0.3) is 0 Å². The summed E-state index contributed by atoms with van der Waals surface area (Å²) in [5, 5.41) is 5.14. The van der Waals surface area contributed by atoms with E-state index in [1.165, 1.54) is 0 Å². The molecule has 0 unspecified atom stereocenters. The predicted octanol–water partition coefficient (Wildman–Crippen LogP) is 5.97. The third-order valence-corrected chi connectivity index (χ3v) is 4.59. The van der Waals surface area contributed by atoms with Crippen LogP contribution in [0.3, 0.4) is 0 Å². The van der Waals surface area contributed by atoms with Gasteiger partial charge >= 0.3 is 0 Å². The molecule has 3 aromatic carbocycles. The Bertz CT molecular complexity index is 1170. The Kier molecular flexibility index (Phi) is 4.76. The molecule has 1 aromatic heterocycles. The zero-order valence-corrected chi connectivity index (χ0v) is 15.5. The molecule has 4 rings (SSSR count). The molecule has 134 valence electrons. The molecule has 0 saturated carbocycles. The second-order valence-electron chi connectivity index (χ2n) is 6.11. The molecule has 0 aliphatic carbocycles. The van der Waals surface area contributed by atoms with E-state index in [1.54, 1.807) is 41.1 Å². The number of carbonyl (C=O) groups excluding carboxylic acids is 1. The molecule has 28 heavy (non-hydrogen) atoms.